The molecule has 2 aromatic carbocycles. The number of hydrogen-bond acceptors (Lipinski definition) is 4. The number of nitrogens with one attached hydrogen (secondary N) is 1. The van der Waals surface area contributed by atoms with Crippen molar-refractivity contribution in [3.63, 3.8) is 0 Å². The van der Waals surface area contributed by atoms with E-state index in [0.29, 0.717) is 15.7 Å². The van der Waals surface area contributed by atoms with Crippen molar-refractivity contribution >= 4 is 54.4 Å². The van der Waals surface area contributed by atoms with Crippen molar-refractivity contribution in [2.24, 2.45) is 5.10 Å². The van der Waals surface area contributed by atoms with Crippen LogP contribution in [0, 0.1) is 0 Å². The zero-order chi connectivity index (χ0) is 18.5. The maximum atomic E-state index is 12.1. The first-order valence-corrected chi connectivity index (χ1v) is 9.39. The van der Waals surface area contributed by atoms with Gasteiger partial charge in [-0.1, -0.05) is 52.3 Å². The van der Waals surface area contributed by atoms with Gasteiger partial charge in [-0.15, -0.1) is 0 Å². The predicted octanol–water partition coefficient (Wildman–Crippen LogP) is 4.68. The van der Waals surface area contributed by atoms with Crippen LogP contribution in [0.2, 0.25) is 0 Å². The predicted molar refractivity (Wildman–Crippen MR) is 109 cm³/mol. The Kier molecular flexibility index (Phi) is 6.00. The van der Waals surface area contributed by atoms with E-state index in [0.717, 1.165) is 21.1 Å². The number of rotatable bonds is 5. The van der Waals surface area contributed by atoms with Gasteiger partial charge < -0.3 is 4.74 Å². The second kappa shape index (κ2) is 8.42. The smallest absolute Gasteiger partial charge is 0.277 e. The molecule has 0 radical (unpaired) electrons. The van der Waals surface area contributed by atoms with E-state index in [1.807, 2.05) is 55.5 Å². The molecule has 0 bridgehead atoms. The first kappa shape index (κ1) is 18.5. The van der Waals surface area contributed by atoms with Crippen molar-refractivity contribution in [2.45, 2.75) is 6.92 Å². The van der Waals surface area contributed by atoms with Crippen molar-refractivity contribution in [2.75, 3.05) is 6.61 Å². The summed E-state index contributed by atoms with van der Waals surface area (Å²) in [6, 6.07) is 15.3. The number of halogens is 2. The average Bonchev–Trinajstić information content (AvgIpc) is 2.66. The van der Waals surface area contributed by atoms with Crippen molar-refractivity contribution in [1.29, 1.82) is 0 Å². The van der Waals surface area contributed by atoms with E-state index in [9.17, 15) is 4.79 Å². The van der Waals surface area contributed by atoms with Gasteiger partial charge in [0.05, 0.1) is 10.2 Å². The lowest BCUT2D eigenvalue weighted by molar-refractivity contribution is -0.123. The average molecular weight is 477 g/mol. The molecule has 26 heavy (non-hydrogen) atoms. The number of ether oxygens (including phenoxy) is 1. The van der Waals surface area contributed by atoms with E-state index < -0.39 is 0 Å². The lowest BCUT2D eigenvalue weighted by Gasteiger charge is -2.11. The van der Waals surface area contributed by atoms with Gasteiger partial charge in [-0.3, -0.25) is 9.78 Å². The molecule has 3 aromatic rings. The Morgan fingerprint density at radius 2 is 1.92 bits per heavy atom. The minimum atomic E-state index is -0.348. The van der Waals surface area contributed by atoms with Crippen LogP contribution in [0.15, 0.2) is 68.8 Å². The zero-order valence-corrected chi connectivity index (χ0v) is 17.0. The number of hydrazone groups is 1. The van der Waals surface area contributed by atoms with Gasteiger partial charge in [-0.25, -0.2) is 5.43 Å². The van der Waals surface area contributed by atoms with Crippen LogP contribution in [0.5, 0.6) is 5.75 Å². The molecule has 0 atom stereocenters. The number of nitrogens with zero attached hydrogens (tertiary/aromatic N) is 2. The number of fused-ring (bicyclic) bond motifs is 1. The van der Waals surface area contributed by atoms with Gasteiger partial charge in [-0.05, 0) is 40.5 Å². The Balaban J connectivity index is 1.70. The minimum absolute atomic E-state index is 0.169. The number of pyridine rings is 1. The largest absolute Gasteiger partial charge is 0.480 e. The maximum Gasteiger partial charge on any atom is 0.277 e. The number of aromatic nitrogens is 1. The Morgan fingerprint density at radius 3 is 2.69 bits per heavy atom. The number of hydrogen-bond donors (Lipinski definition) is 1. The van der Waals surface area contributed by atoms with Crippen LogP contribution in [-0.4, -0.2) is 23.2 Å². The molecule has 0 fully saturated rings. The molecule has 0 saturated heterocycles. The normalized spacial score (nSPS) is 11.4. The highest BCUT2D eigenvalue weighted by molar-refractivity contribution is 9.11. The summed E-state index contributed by atoms with van der Waals surface area (Å²) >= 11 is 6.96. The van der Waals surface area contributed by atoms with Crippen LogP contribution in [0.25, 0.3) is 10.9 Å². The first-order valence-electron chi connectivity index (χ1n) is 7.80. The van der Waals surface area contributed by atoms with Crippen molar-refractivity contribution < 1.29 is 9.53 Å². The van der Waals surface area contributed by atoms with Gasteiger partial charge in [0, 0.05) is 16.1 Å². The summed E-state index contributed by atoms with van der Waals surface area (Å²) in [7, 11) is 0. The summed E-state index contributed by atoms with van der Waals surface area (Å²) in [5, 5.41) is 5.01. The van der Waals surface area contributed by atoms with Gasteiger partial charge in [0.15, 0.2) is 12.4 Å². The highest BCUT2D eigenvalue weighted by Gasteiger charge is 2.13. The van der Waals surface area contributed by atoms with Gasteiger partial charge in [0.1, 0.15) is 5.52 Å². The molecule has 1 heterocycles. The molecule has 0 aliphatic heterocycles. The Labute approximate surface area is 167 Å². The topological polar surface area (TPSA) is 63.6 Å². The third kappa shape index (κ3) is 4.28. The molecule has 1 N–H and O–H groups in total. The van der Waals surface area contributed by atoms with Gasteiger partial charge in [0.25, 0.3) is 5.91 Å². The molecule has 0 aliphatic carbocycles. The highest BCUT2D eigenvalue weighted by atomic mass is 79.9. The molecule has 1 aromatic heterocycles. The summed E-state index contributed by atoms with van der Waals surface area (Å²) in [6.07, 6.45) is 1.68. The number of amides is 1. The monoisotopic (exact) mass is 475 g/mol. The second-order valence-electron chi connectivity index (χ2n) is 5.46. The van der Waals surface area contributed by atoms with Crippen LogP contribution in [-0.2, 0) is 4.79 Å². The van der Waals surface area contributed by atoms with Crippen LogP contribution < -0.4 is 10.2 Å². The van der Waals surface area contributed by atoms with Crippen molar-refractivity contribution in [3.05, 3.63) is 69.2 Å². The van der Waals surface area contributed by atoms with Crippen LogP contribution in [0.3, 0.4) is 0 Å². The summed E-state index contributed by atoms with van der Waals surface area (Å²) in [4.78, 5) is 16.4. The van der Waals surface area contributed by atoms with E-state index in [1.54, 1.807) is 6.20 Å². The van der Waals surface area contributed by atoms with Gasteiger partial charge in [0.2, 0.25) is 0 Å². The molecule has 0 saturated carbocycles. The standard InChI is InChI=1S/C19H15Br2N3O2/c1-12(13-6-3-2-4-7-13)23-24-17(25)11-26-19-16(21)10-15(20)14-8-5-9-22-18(14)19/h2-10H,11H2,1H3,(H,24,25)/b23-12-. The van der Waals surface area contributed by atoms with Crippen molar-refractivity contribution in [1.82, 2.24) is 10.4 Å². The fraction of sp³-hybridized carbons (Fsp3) is 0.105. The molecule has 0 aliphatic rings. The maximum absolute atomic E-state index is 12.1. The van der Waals surface area contributed by atoms with Gasteiger partial charge >= 0.3 is 0 Å². The molecule has 7 heteroatoms. The molecule has 0 spiro atoms. The van der Waals surface area contributed by atoms with Crippen LogP contribution in [0.1, 0.15) is 12.5 Å². The van der Waals surface area contributed by atoms with E-state index >= 15 is 0 Å². The number of benzene rings is 2. The highest BCUT2D eigenvalue weighted by Crippen LogP contribution is 2.37. The molecule has 0 unspecified atom stereocenters. The number of carbonyl (C=O) groups is 1. The minimum Gasteiger partial charge on any atom is -0.480 e. The van der Waals surface area contributed by atoms with E-state index in [2.05, 4.69) is 47.4 Å². The quantitative estimate of drug-likeness (QED) is 0.429. The lowest BCUT2D eigenvalue weighted by Crippen LogP contribution is -2.25. The lowest BCUT2D eigenvalue weighted by atomic mass is 10.1. The van der Waals surface area contributed by atoms with E-state index in [-0.39, 0.29) is 12.5 Å². The zero-order valence-electron chi connectivity index (χ0n) is 13.9. The second-order valence-corrected chi connectivity index (χ2v) is 7.16. The fourth-order valence-corrected chi connectivity index (χ4v) is 3.73. The molecular weight excluding hydrogens is 462 g/mol. The first-order chi connectivity index (χ1) is 12.6. The Morgan fingerprint density at radius 1 is 1.15 bits per heavy atom. The molecule has 5 nitrogen and oxygen atoms in total. The summed E-state index contributed by atoms with van der Waals surface area (Å²) in [6.45, 7) is 1.66. The summed E-state index contributed by atoms with van der Waals surface area (Å²) < 4.78 is 7.30. The third-order valence-electron chi connectivity index (χ3n) is 3.64. The third-order valence-corrected chi connectivity index (χ3v) is 4.88. The Bertz CT molecular complexity index is 975. The van der Waals surface area contributed by atoms with Crippen LogP contribution >= 0.6 is 31.9 Å². The van der Waals surface area contributed by atoms with Gasteiger partial charge in [-0.2, -0.15) is 5.10 Å². The summed E-state index contributed by atoms with van der Waals surface area (Å²) in [5.41, 5.74) is 4.84. The van der Waals surface area contributed by atoms with E-state index in [4.69, 9.17) is 4.74 Å². The van der Waals surface area contributed by atoms with E-state index in [1.165, 1.54) is 0 Å². The fourth-order valence-electron chi connectivity index (χ4n) is 2.34. The SMILES string of the molecule is C/C(=N/NC(=O)COc1c(Br)cc(Br)c2cccnc12)c1ccccc1. The molecule has 1 amide bonds. The van der Waals surface area contributed by atoms with Crippen LogP contribution in [0.4, 0.5) is 0 Å². The summed E-state index contributed by atoms with van der Waals surface area (Å²) in [5.74, 6) is 0.168. The Hall–Kier alpha value is -2.25. The van der Waals surface area contributed by atoms with Crippen molar-refractivity contribution in [3.8, 4) is 5.75 Å². The molecular formula is C19H15Br2N3O2. The molecule has 3 rings (SSSR count). The molecule has 132 valence electrons. The number of carbonyl (C=O) groups excluding carboxylic acids is 1.